The molecule has 6 heteroatoms. The van der Waals surface area contributed by atoms with Crippen LogP contribution < -0.4 is 10.6 Å². The molecule has 0 spiro atoms. The van der Waals surface area contributed by atoms with Gasteiger partial charge >= 0.3 is 11.8 Å². The lowest BCUT2D eigenvalue weighted by Gasteiger charge is -2.07. The predicted molar refractivity (Wildman–Crippen MR) is 76.3 cm³/mol. The average Bonchev–Trinajstić information content (AvgIpc) is 2.86. The molecule has 0 atom stereocenters. The van der Waals surface area contributed by atoms with E-state index in [0.29, 0.717) is 5.69 Å². The molecule has 0 aliphatic carbocycles. The van der Waals surface area contributed by atoms with Crippen LogP contribution in [0.25, 0.3) is 10.9 Å². The number of carbonyl (C=O) groups excluding carboxylic acids is 2. The van der Waals surface area contributed by atoms with Gasteiger partial charge < -0.3 is 20.3 Å². The average molecular weight is 275 g/mol. The monoisotopic (exact) mass is 275 g/mol. The van der Waals surface area contributed by atoms with Gasteiger partial charge in [-0.1, -0.05) is 6.07 Å². The molecule has 0 bridgehead atoms. The number of amides is 2. The number of aromatic nitrogens is 1. The molecule has 1 aromatic carbocycles. The Morgan fingerprint density at radius 2 is 2.05 bits per heavy atom. The molecule has 1 aromatic heterocycles. The zero-order valence-electron chi connectivity index (χ0n) is 11.2. The molecule has 0 unspecified atom stereocenters. The summed E-state index contributed by atoms with van der Waals surface area (Å²) < 4.78 is 2.05. The molecule has 3 N–H and O–H groups in total. The number of rotatable bonds is 4. The van der Waals surface area contributed by atoms with Gasteiger partial charge in [-0.05, 0) is 30.5 Å². The van der Waals surface area contributed by atoms with Gasteiger partial charge in [0.05, 0.1) is 12.1 Å². The highest BCUT2D eigenvalue weighted by Gasteiger charge is 2.13. The number of nitrogens with zero attached hydrogens (tertiary/aromatic N) is 1. The van der Waals surface area contributed by atoms with Crippen molar-refractivity contribution in [3.05, 3.63) is 30.5 Å². The van der Waals surface area contributed by atoms with Crippen LogP contribution in [0.1, 0.15) is 6.92 Å². The molecule has 2 rings (SSSR count). The summed E-state index contributed by atoms with van der Waals surface area (Å²) in [4.78, 5) is 23.0. The van der Waals surface area contributed by atoms with Crippen LogP contribution in [0, 0.1) is 0 Å². The number of aryl methyl sites for hydroxylation is 1. The Hall–Kier alpha value is -2.34. The number of hydrogen-bond donors (Lipinski definition) is 3. The maximum absolute atomic E-state index is 11.6. The fourth-order valence-electron chi connectivity index (χ4n) is 1.97. The first kappa shape index (κ1) is 14.1. The van der Waals surface area contributed by atoms with Gasteiger partial charge in [0.15, 0.2) is 0 Å². The summed E-state index contributed by atoms with van der Waals surface area (Å²) >= 11 is 0. The van der Waals surface area contributed by atoms with Crippen LogP contribution in [0.2, 0.25) is 0 Å². The number of hydrogen-bond acceptors (Lipinski definition) is 3. The summed E-state index contributed by atoms with van der Waals surface area (Å²) in [6, 6.07) is 7.47. The Bertz CT molecular complexity index is 634. The third-order valence-electron chi connectivity index (χ3n) is 2.98. The minimum Gasteiger partial charge on any atom is -0.395 e. The fraction of sp³-hybridized carbons (Fsp3) is 0.286. The van der Waals surface area contributed by atoms with Gasteiger partial charge in [-0.3, -0.25) is 9.59 Å². The molecule has 2 aromatic rings. The van der Waals surface area contributed by atoms with Crippen LogP contribution in [0.15, 0.2) is 30.5 Å². The highest BCUT2D eigenvalue weighted by Crippen LogP contribution is 2.20. The van der Waals surface area contributed by atoms with Gasteiger partial charge in [-0.25, -0.2) is 0 Å². The van der Waals surface area contributed by atoms with Crippen molar-refractivity contribution in [2.45, 2.75) is 13.5 Å². The number of aliphatic hydroxyl groups excluding tert-OH is 1. The first-order chi connectivity index (χ1) is 9.65. The predicted octanol–water partition coefficient (Wildman–Crippen LogP) is 0.708. The van der Waals surface area contributed by atoms with Crippen LogP contribution in [0.5, 0.6) is 0 Å². The van der Waals surface area contributed by atoms with E-state index < -0.39 is 11.8 Å². The summed E-state index contributed by atoms with van der Waals surface area (Å²) in [5.41, 5.74) is 1.57. The lowest BCUT2D eigenvalue weighted by atomic mass is 10.2. The summed E-state index contributed by atoms with van der Waals surface area (Å²) in [7, 11) is 0. The van der Waals surface area contributed by atoms with Crippen molar-refractivity contribution in [1.82, 2.24) is 9.88 Å². The molecule has 2 amide bonds. The number of fused-ring (bicyclic) bond motifs is 1. The second kappa shape index (κ2) is 6.21. The molecule has 106 valence electrons. The van der Waals surface area contributed by atoms with Crippen molar-refractivity contribution in [2.75, 3.05) is 18.5 Å². The Morgan fingerprint density at radius 3 is 2.75 bits per heavy atom. The lowest BCUT2D eigenvalue weighted by molar-refractivity contribution is -0.136. The fourth-order valence-corrected chi connectivity index (χ4v) is 1.97. The summed E-state index contributed by atoms with van der Waals surface area (Å²) in [6.45, 7) is 2.73. The van der Waals surface area contributed by atoms with Crippen LogP contribution >= 0.6 is 0 Å². The number of nitrogens with one attached hydrogen (secondary N) is 2. The maximum atomic E-state index is 11.6. The Kier molecular flexibility index (Phi) is 4.37. The summed E-state index contributed by atoms with van der Waals surface area (Å²) in [5, 5.41) is 14.5. The number of benzene rings is 1. The number of aliphatic hydroxyl groups is 1. The van der Waals surface area contributed by atoms with E-state index in [1.165, 1.54) is 0 Å². The Labute approximate surface area is 116 Å². The lowest BCUT2D eigenvalue weighted by Crippen LogP contribution is -2.36. The number of anilines is 1. The minimum absolute atomic E-state index is 0.0595. The van der Waals surface area contributed by atoms with Gasteiger partial charge in [0.25, 0.3) is 0 Å². The number of carbonyl (C=O) groups is 2. The third-order valence-corrected chi connectivity index (χ3v) is 2.98. The topological polar surface area (TPSA) is 83.4 Å². The maximum Gasteiger partial charge on any atom is 0.313 e. The molecule has 20 heavy (non-hydrogen) atoms. The van der Waals surface area contributed by atoms with Crippen LogP contribution in [-0.4, -0.2) is 34.6 Å². The van der Waals surface area contributed by atoms with E-state index in [2.05, 4.69) is 15.2 Å². The van der Waals surface area contributed by atoms with E-state index in [1.807, 2.05) is 31.3 Å². The smallest absolute Gasteiger partial charge is 0.313 e. The first-order valence-corrected chi connectivity index (χ1v) is 6.44. The van der Waals surface area contributed by atoms with Crippen molar-refractivity contribution >= 4 is 28.4 Å². The minimum atomic E-state index is -0.759. The molecule has 0 fully saturated rings. The van der Waals surface area contributed by atoms with Crippen molar-refractivity contribution in [1.29, 1.82) is 0 Å². The molecule has 0 aliphatic rings. The quantitative estimate of drug-likeness (QED) is 0.719. The molecule has 0 saturated carbocycles. The molecular weight excluding hydrogens is 258 g/mol. The van der Waals surface area contributed by atoms with Crippen LogP contribution in [0.4, 0.5) is 5.69 Å². The van der Waals surface area contributed by atoms with Crippen molar-refractivity contribution < 1.29 is 14.7 Å². The van der Waals surface area contributed by atoms with E-state index in [-0.39, 0.29) is 13.2 Å². The van der Waals surface area contributed by atoms with E-state index in [1.54, 1.807) is 6.07 Å². The summed E-state index contributed by atoms with van der Waals surface area (Å²) in [5.74, 6) is -1.50. The normalized spacial score (nSPS) is 10.5. The van der Waals surface area contributed by atoms with Gasteiger partial charge in [0.2, 0.25) is 0 Å². The van der Waals surface area contributed by atoms with Gasteiger partial charge in [0.1, 0.15) is 0 Å². The largest absolute Gasteiger partial charge is 0.395 e. The van der Waals surface area contributed by atoms with Crippen molar-refractivity contribution in [2.24, 2.45) is 0 Å². The zero-order chi connectivity index (χ0) is 14.5. The van der Waals surface area contributed by atoms with E-state index >= 15 is 0 Å². The molecule has 0 aliphatic heterocycles. The molecular formula is C14H17N3O3. The molecule has 0 radical (unpaired) electrons. The molecule has 6 nitrogen and oxygen atoms in total. The van der Waals surface area contributed by atoms with Crippen LogP contribution in [-0.2, 0) is 16.1 Å². The standard InChI is InChI=1S/C14H17N3O3/c1-2-17-7-5-10-3-4-11(9-12(10)17)16-14(20)13(19)15-6-8-18/h3-5,7,9,18H,2,6,8H2,1H3,(H,15,19)(H,16,20). The zero-order valence-corrected chi connectivity index (χ0v) is 11.2. The second-order valence-electron chi connectivity index (χ2n) is 4.31. The van der Waals surface area contributed by atoms with Gasteiger partial charge in [-0.2, -0.15) is 0 Å². The van der Waals surface area contributed by atoms with E-state index in [9.17, 15) is 9.59 Å². The third kappa shape index (κ3) is 2.97. The van der Waals surface area contributed by atoms with E-state index in [4.69, 9.17) is 5.11 Å². The SMILES string of the molecule is CCn1ccc2ccc(NC(=O)C(=O)NCCO)cc21. The van der Waals surface area contributed by atoms with Crippen LogP contribution in [0.3, 0.4) is 0 Å². The van der Waals surface area contributed by atoms with Gasteiger partial charge in [-0.15, -0.1) is 0 Å². The molecule has 0 saturated heterocycles. The Balaban J connectivity index is 2.13. The van der Waals surface area contributed by atoms with Gasteiger partial charge in [0, 0.05) is 25.0 Å². The van der Waals surface area contributed by atoms with E-state index in [0.717, 1.165) is 17.4 Å². The highest BCUT2D eigenvalue weighted by molar-refractivity contribution is 6.39. The first-order valence-electron chi connectivity index (χ1n) is 6.44. The molecule has 1 heterocycles. The van der Waals surface area contributed by atoms with Crippen molar-refractivity contribution in [3.63, 3.8) is 0 Å². The Morgan fingerprint density at radius 1 is 1.25 bits per heavy atom. The van der Waals surface area contributed by atoms with Crippen molar-refractivity contribution in [3.8, 4) is 0 Å². The second-order valence-corrected chi connectivity index (χ2v) is 4.31. The highest BCUT2D eigenvalue weighted by atomic mass is 16.3. The summed E-state index contributed by atoms with van der Waals surface area (Å²) in [6.07, 6.45) is 1.98.